The number of esters is 1. The van der Waals surface area contributed by atoms with Gasteiger partial charge in [0.2, 0.25) is 5.78 Å². The van der Waals surface area contributed by atoms with Crippen molar-refractivity contribution in [3.63, 3.8) is 0 Å². The molecule has 0 saturated carbocycles. The van der Waals surface area contributed by atoms with Crippen LogP contribution in [0.3, 0.4) is 0 Å². The first-order valence-electron chi connectivity index (χ1n) is 10.0. The number of nitrogen functional groups attached to an aromatic ring is 1. The van der Waals surface area contributed by atoms with Gasteiger partial charge in [0.1, 0.15) is 17.2 Å². The minimum Gasteiger partial charge on any atom is -0.454 e. The number of para-hydroxylation sites is 1. The highest BCUT2D eigenvalue weighted by Gasteiger charge is 2.22. The number of rotatable bonds is 5. The van der Waals surface area contributed by atoms with Crippen LogP contribution in [0.2, 0.25) is 0 Å². The summed E-state index contributed by atoms with van der Waals surface area (Å²) in [7, 11) is 2.57. The molecular weight excluding hydrogens is 426 g/mol. The summed E-state index contributed by atoms with van der Waals surface area (Å²) in [6, 6.07) is 14.6. The number of hydrogen-bond acceptors (Lipinski definition) is 7. The van der Waals surface area contributed by atoms with Crippen molar-refractivity contribution in [2.75, 3.05) is 12.3 Å². The Balaban J connectivity index is 1.58. The fraction of sp³-hybridized carbons (Fsp3) is 0.174. The number of ether oxygens (including phenoxy) is 1. The van der Waals surface area contributed by atoms with Crippen LogP contribution in [-0.4, -0.2) is 37.0 Å². The van der Waals surface area contributed by atoms with Crippen molar-refractivity contribution in [3.8, 4) is 5.69 Å². The summed E-state index contributed by atoms with van der Waals surface area (Å²) < 4.78 is 8.84. The van der Waals surface area contributed by atoms with Crippen molar-refractivity contribution < 1.29 is 14.3 Å². The number of aromatic nitrogens is 4. The number of nitrogens with zero attached hydrogens (tertiary/aromatic N) is 4. The lowest BCUT2D eigenvalue weighted by Crippen LogP contribution is -2.42. The van der Waals surface area contributed by atoms with Gasteiger partial charge in [0.05, 0.1) is 16.6 Å². The first-order valence-corrected chi connectivity index (χ1v) is 10.0. The van der Waals surface area contributed by atoms with Gasteiger partial charge in [0, 0.05) is 19.8 Å². The molecule has 168 valence electrons. The molecule has 10 nitrogen and oxygen atoms in total. The number of benzene rings is 2. The van der Waals surface area contributed by atoms with Crippen molar-refractivity contribution in [2.45, 2.75) is 6.92 Å². The van der Waals surface area contributed by atoms with Gasteiger partial charge in [-0.1, -0.05) is 18.2 Å². The maximum absolute atomic E-state index is 12.6. The topological polar surface area (TPSA) is 131 Å². The highest BCUT2D eigenvalue weighted by Crippen LogP contribution is 2.22. The Morgan fingerprint density at radius 1 is 1.03 bits per heavy atom. The Labute approximate surface area is 187 Å². The van der Waals surface area contributed by atoms with Gasteiger partial charge in [-0.2, -0.15) is 0 Å². The molecule has 0 bridgehead atoms. The first-order chi connectivity index (χ1) is 15.7. The maximum atomic E-state index is 12.6. The number of nitrogens with two attached hydrogens (primary N) is 1. The lowest BCUT2D eigenvalue weighted by Gasteiger charge is -2.11. The summed E-state index contributed by atoms with van der Waals surface area (Å²) in [5, 5.41) is 0. The third-order valence-corrected chi connectivity index (χ3v) is 5.40. The molecule has 2 aromatic heterocycles. The lowest BCUT2D eigenvalue weighted by molar-refractivity contribution is 0.0474. The zero-order valence-electron chi connectivity index (χ0n) is 18.2. The second-order valence-electron chi connectivity index (χ2n) is 7.50. The van der Waals surface area contributed by atoms with Crippen molar-refractivity contribution in [1.29, 1.82) is 0 Å². The van der Waals surface area contributed by atoms with Crippen LogP contribution in [0.4, 0.5) is 5.82 Å². The summed E-state index contributed by atoms with van der Waals surface area (Å²) in [6.45, 7) is 1.16. The molecule has 4 rings (SSSR count). The first kappa shape index (κ1) is 21.8. The smallest absolute Gasteiger partial charge is 0.338 e. The van der Waals surface area contributed by atoms with E-state index < -0.39 is 35.2 Å². The molecule has 2 heterocycles. The van der Waals surface area contributed by atoms with Gasteiger partial charge in [-0.15, -0.1) is 0 Å². The molecule has 10 heteroatoms. The van der Waals surface area contributed by atoms with Crippen LogP contribution in [0, 0.1) is 6.92 Å². The minimum absolute atomic E-state index is 0.203. The number of fused-ring (bicyclic) bond motifs is 1. The molecule has 0 radical (unpaired) electrons. The van der Waals surface area contributed by atoms with E-state index in [0.29, 0.717) is 5.52 Å². The fourth-order valence-electron chi connectivity index (χ4n) is 3.64. The predicted octanol–water partition coefficient (Wildman–Crippen LogP) is 1.35. The van der Waals surface area contributed by atoms with Crippen LogP contribution in [0.25, 0.3) is 16.7 Å². The number of ketones is 1. The van der Waals surface area contributed by atoms with E-state index in [1.54, 1.807) is 18.2 Å². The maximum Gasteiger partial charge on any atom is 0.338 e. The Kier molecular flexibility index (Phi) is 5.42. The van der Waals surface area contributed by atoms with E-state index in [1.165, 1.54) is 14.1 Å². The van der Waals surface area contributed by atoms with E-state index >= 15 is 0 Å². The summed E-state index contributed by atoms with van der Waals surface area (Å²) >= 11 is 0. The standard InChI is InChI=1S/C23H21N5O5/c1-13-25-16-11-14(9-10-17(16)28(13)15-7-5-4-6-8-15)22(31)33-12-18(29)19-20(24)26(2)23(32)27(3)21(19)30/h4-11H,12,24H2,1-3H3. The van der Waals surface area contributed by atoms with Crippen LogP contribution in [0.5, 0.6) is 0 Å². The highest BCUT2D eigenvalue weighted by molar-refractivity contribution is 6.02. The molecule has 0 aliphatic rings. The number of anilines is 1. The van der Waals surface area contributed by atoms with E-state index in [4.69, 9.17) is 10.5 Å². The van der Waals surface area contributed by atoms with Crippen LogP contribution in [-0.2, 0) is 18.8 Å². The quantitative estimate of drug-likeness (QED) is 0.361. The largest absolute Gasteiger partial charge is 0.454 e. The summed E-state index contributed by atoms with van der Waals surface area (Å²) in [6.07, 6.45) is 0. The molecule has 2 aromatic carbocycles. The van der Waals surface area contributed by atoms with Gasteiger partial charge in [0.15, 0.2) is 6.61 Å². The van der Waals surface area contributed by atoms with E-state index in [0.717, 1.165) is 26.2 Å². The third-order valence-electron chi connectivity index (χ3n) is 5.40. The molecule has 0 unspecified atom stereocenters. The van der Waals surface area contributed by atoms with Gasteiger partial charge in [0.25, 0.3) is 5.56 Å². The van der Waals surface area contributed by atoms with Crippen LogP contribution in [0.1, 0.15) is 26.5 Å². The number of aryl methyl sites for hydroxylation is 1. The van der Waals surface area contributed by atoms with E-state index in [2.05, 4.69) is 4.98 Å². The Hall–Kier alpha value is -4.47. The van der Waals surface area contributed by atoms with Crippen molar-refractivity contribution in [3.05, 3.63) is 86.3 Å². The number of carbonyl (C=O) groups is 2. The SMILES string of the molecule is Cc1nc2cc(C(=O)OCC(=O)c3c(N)n(C)c(=O)n(C)c3=O)ccc2n1-c1ccccc1. The molecule has 33 heavy (non-hydrogen) atoms. The van der Waals surface area contributed by atoms with Crippen molar-refractivity contribution in [1.82, 2.24) is 18.7 Å². The second-order valence-corrected chi connectivity index (χ2v) is 7.50. The molecule has 4 aromatic rings. The molecule has 0 amide bonds. The minimum atomic E-state index is -0.847. The third kappa shape index (κ3) is 3.71. The molecular formula is C23H21N5O5. The van der Waals surface area contributed by atoms with Gasteiger partial charge in [-0.25, -0.2) is 14.6 Å². The van der Waals surface area contributed by atoms with Crippen LogP contribution >= 0.6 is 0 Å². The summed E-state index contributed by atoms with van der Waals surface area (Å²) in [5.41, 5.74) is 6.41. The molecule has 0 aliphatic carbocycles. The van der Waals surface area contributed by atoms with Gasteiger partial charge in [-0.3, -0.25) is 23.3 Å². The molecule has 0 fully saturated rings. The second kappa shape index (κ2) is 8.23. The molecule has 0 spiro atoms. The molecule has 0 aliphatic heterocycles. The Bertz CT molecular complexity index is 1530. The van der Waals surface area contributed by atoms with Crippen molar-refractivity contribution >= 4 is 28.6 Å². The van der Waals surface area contributed by atoms with Gasteiger partial charge in [-0.05, 0) is 37.3 Å². The van der Waals surface area contributed by atoms with Crippen LogP contribution in [0.15, 0.2) is 58.1 Å². The lowest BCUT2D eigenvalue weighted by atomic mass is 10.2. The molecule has 0 atom stereocenters. The Morgan fingerprint density at radius 2 is 1.73 bits per heavy atom. The monoisotopic (exact) mass is 447 g/mol. The van der Waals surface area contributed by atoms with Crippen molar-refractivity contribution in [2.24, 2.45) is 14.1 Å². The fourth-order valence-corrected chi connectivity index (χ4v) is 3.64. The molecule has 0 saturated heterocycles. The van der Waals surface area contributed by atoms with E-state index in [1.807, 2.05) is 41.8 Å². The average molecular weight is 447 g/mol. The number of carbonyl (C=O) groups excluding carboxylic acids is 2. The van der Waals surface area contributed by atoms with Gasteiger partial charge < -0.3 is 10.5 Å². The van der Waals surface area contributed by atoms with E-state index in [9.17, 15) is 19.2 Å². The summed E-state index contributed by atoms with van der Waals surface area (Å²) in [4.78, 5) is 53.9. The Morgan fingerprint density at radius 3 is 2.42 bits per heavy atom. The number of imidazole rings is 1. The predicted molar refractivity (Wildman–Crippen MR) is 122 cm³/mol. The average Bonchev–Trinajstić information content (AvgIpc) is 3.15. The number of hydrogen-bond donors (Lipinski definition) is 1. The van der Waals surface area contributed by atoms with Crippen LogP contribution < -0.4 is 17.0 Å². The molecule has 2 N–H and O–H groups in total. The highest BCUT2D eigenvalue weighted by atomic mass is 16.5. The zero-order valence-corrected chi connectivity index (χ0v) is 18.2. The van der Waals surface area contributed by atoms with E-state index in [-0.39, 0.29) is 11.4 Å². The zero-order chi connectivity index (χ0) is 23.9. The number of Topliss-reactive ketones (excluding diaryl/α,β-unsaturated/α-hetero) is 1. The van der Waals surface area contributed by atoms with Gasteiger partial charge >= 0.3 is 11.7 Å². The summed E-state index contributed by atoms with van der Waals surface area (Å²) in [5.74, 6) is -1.09. The normalized spacial score (nSPS) is 11.0.